The van der Waals surface area contributed by atoms with Gasteiger partial charge in [-0.2, -0.15) is 5.26 Å². The molecule has 1 N–H and O–H groups in total. The molecule has 146 valence electrons. The molecule has 0 fully saturated rings. The van der Waals surface area contributed by atoms with Crippen molar-refractivity contribution in [2.45, 2.75) is 38.3 Å². The summed E-state index contributed by atoms with van der Waals surface area (Å²) in [6.45, 7) is 0.800. The first-order chi connectivity index (χ1) is 14.2. The number of aromatic nitrogens is 2. The van der Waals surface area contributed by atoms with Crippen molar-refractivity contribution in [1.82, 2.24) is 14.9 Å². The number of nitrogens with zero attached hydrogens (tertiary/aromatic N) is 3. The number of nitrogens with one attached hydrogen (secondary N) is 1. The molecule has 0 saturated heterocycles. The van der Waals surface area contributed by atoms with Crippen molar-refractivity contribution >= 4 is 5.91 Å². The lowest BCUT2D eigenvalue weighted by Crippen LogP contribution is -2.29. The first-order valence-corrected chi connectivity index (χ1v) is 9.78. The fraction of sp³-hybridized carbons (Fsp3) is 0.261. The SMILES string of the molecule is N#CC(NC(=O)c1nc(-c2ccccc2)n2c1CCCCC2)c1ccccc1F. The predicted octanol–water partition coefficient (Wildman–Crippen LogP) is 4.41. The van der Waals surface area contributed by atoms with Crippen molar-refractivity contribution in [3.63, 3.8) is 0 Å². The minimum atomic E-state index is -1.08. The standard InChI is InChI=1S/C23H21FN4O/c24-18-12-7-6-11-17(18)19(15-25)26-23(29)21-20-13-5-2-8-14-28(20)22(27-21)16-9-3-1-4-10-16/h1,3-4,6-7,9-12,19H,2,5,8,13-14H2,(H,26,29). The first-order valence-electron chi connectivity index (χ1n) is 9.78. The molecule has 1 amide bonds. The maximum Gasteiger partial charge on any atom is 0.273 e. The Kier molecular flexibility index (Phi) is 5.39. The van der Waals surface area contributed by atoms with E-state index in [1.807, 2.05) is 36.4 Å². The van der Waals surface area contributed by atoms with Crippen LogP contribution in [0.5, 0.6) is 0 Å². The van der Waals surface area contributed by atoms with E-state index in [0.29, 0.717) is 5.69 Å². The maximum absolute atomic E-state index is 14.1. The van der Waals surface area contributed by atoms with E-state index in [0.717, 1.165) is 49.3 Å². The van der Waals surface area contributed by atoms with Crippen LogP contribution in [0.15, 0.2) is 54.6 Å². The number of hydrogen-bond acceptors (Lipinski definition) is 3. The van der Waals surface area contributed by atoms with Crippen molar-refractivity contribution in [1.29, 1.82) is 5.26 Å². The van der Waals surface area contributed by atoms with Crippen molar-refractivity contribution in [2.24, 2.45) is 0 Å². The van der Waals surface area contributed by atoms with Gasteiger partial charge in [0.2, 0.25) is 0 Å². The lowest BCUT2D eigenvalue weighted by atomic mass is 10.1. The quantitative estimate of drug-likeness (QED) is 0.720. The Bertz CT molecular complexity index is 1070. The van der Waals surface area contributed by atoms with Gasteiger partial charge in [-0.05, 0) is 25.3 Å². The highest BCUT2D eigenvalue weighted by Crippen LogP contribution is 2.27. The zero-order valence-corrected chi connectivity index (χ0v) is 15.9. The largest absolute Gasteiger partial charge is 0.331 e. The van der Waals surface area contributed by atoms with Crippen molar-refractivity contribution < 1.29 is 9.18 Å². The van der Waals surface area contributed by atoms with Crippen LogP contribution in [0.2, 0.25) is 0 Å². The molecule has 1 aliphatic rings. The van der Waals surface area contributed by atoms with Crippen LogP contribution < -0.4 is 5.32 Å². The van der Waals surface area contributed by atoms with E-state index in [1.165, 1.54) is 12.1 Å². The van der Waals surface area contributed by atoms with E-state index in [1.54, 1.807) is 12.1 Å². The molecule has 1 aromatic heterocycles. The normalized spacial score (nSPS) is 14.3. The van der Waals surface area contributed by atoms with Crippen LogP contribution in [-0.4, -0.2) is 15.5 Å². The van der Waals surface area contributed by atoms with Gasteiger partial charge in [0.25, 0.3) is 5.91 Å². The van der Waals surface area contributed by atoms with Crippen LogP contribution in [0.25, 0.3) is 11.4 Å². The molecule has 5 nitrogen and oxygen atoms in total. The molecule has 1 aliphatic heterocycles. The topological polar surface area (TPSA) is 70.7 Å². The average Bonchev–Trinajstić information content (AvgIpc) is 2.94. The van der Waals surface area contributed by atoms with E-state index >= 15 is 0 Å². The van der Waals surface area contributed by atoms with Crippen molar-refractivity contribution in [3.8, 4) is 17.5 Å². The van der Waals surface area contributed by atoms with E-state index in [9.17, 15) is 14.4 Å². The van der Waals surface area contributed by atoms with E-state index in [4.69, 9.17) is 0 Å². The van der Waals surface area contributed by atoms with Crippen LogP contribution in [0.1, 0.15) is 47.1 Å². The smallest absolute Gasteiger partial charge is 0.273 e. The van der Waals surface area contributed by atoms with Gasteiger partial charge < -0.3 is 9.88 Å². The van der Waals surface area contributed by atoms with Crippen LogP contribution >= 0.6 is 0 Å². The third kappa shape index (κ3) is 3.77. The summed E-state index contributed by atoms with van der Waals surface area (Å²) in [4.78, 5) is 17.7. The second kappa shape index (κ2) is 8.27. The summed E-state index contributed by atoms with van der Waals surface area (Å²) in [5.74, 6) is -0.215. The molecule has 1 atom stereocenters. The number of carbonyl (C=O) groups is 1. The highest BCUT2D eigenvalue weighted by molar-refractivity contribution is 5.94. The van der Waals surface area contributed by atoms with Gasteiger partial charge in [-0.15, -0.1) is 0 Å². The molecule has 2 heterocycles. The molecule has 6 heteroatoms. The molecule has 29 heavy (non-hydrogen) atoms. The molecule has 0 radical (unpaired) electrons. The molecular weight excluding hydrogens is 367 g/mol. The summed E-state index contributed by atoms with van der Waals surface area (Å²) in [6.07, 6.45) is 3.85. The van der Waals surface area contributed by atoms with Gasteiger partial charge in [-0.1, -0.05) is 55.0 Å². The maximum atomic E-state index is 14.1. The fourth-order valence-corrected chi connectivity index (χ4v) is 3.80. The van der Waals surface area contributed by atoms with E-state index in [2.05, 4.69) is 14.9 Å². The monoisotopic (exact) mass is 388 g/mol. The second-order valence-electron chi connectivity index (χ2n) is 7.12. The summed E-state index contributed by atoms with van der Waals surface area (Å²) in [5, 5.41) is 12.2. The van der Waals surface area contributed by atoms with Crippen molar-refractivity contribution in [3.05, 3.63) is 77.4 Å². The summed E-state index contributed by atoms with van der Waals surface area (Å²) in [6, 6.07) is 16.7. The van der Waals surface area contributed by atoms with Gasteiger partial charge in [0.05, 0.1) is 11.8 Å². The molecule has 1 unspecified atom stereocenters. The van der Waals surface area contributed by atoms with Gasteiger partial charge in [0.1, 0.15) is 23.4 Å². The molecule has 0 bridgehead atoms. The number of carbonyl (C=O) groups excluding carboxylic acids is 1. The van der Waals surface area contributed by atoms with E-state index < -0.39 is 17.8 Å². The zero-order chi connectivity index (χ0) is 20.2. The number of halogens is 1. The van der Waals surface area contributed by atoms with Gasteiger partial charge in [0, 0.05) is 17.7 Å². The van der Waals surface area contributed by atoms with E-state index in [-0.39, 0.29) is 5.56 Å². The van der Waals surface area contributed by atoms with Gasteiger partial charge in [0.15, 0.2) is 0 Å². The van der Waals surface area contributed by atoms with Crippen LogP contribution in [-0.2, 0) is 13.0 Å². The number of imidazole rings is 1. The number of fused-ring (bicyclic) bond motifs is 1. The van der Waals surface area contributed by atoms with Crippen LogP contribution in [0, 0.1) is 17.1 Å². The Hall–Kier alpha value is -3.46. The molecule has 2 aromatic carbocycles. The Balaban J connectivity index is 1.71. The number of nitriles is 1. The van der Waals surface area contributed by atoms with Gasteiger partial charge in [-0.3, -0.25) is 4.79 Å². The fourth-order valence-electron chi connectivity index (χ4n) is 3.80. The number of rotatable bonds is 4. The predicted molar refractivity (Wildman–Crippen MR) is 107 cm³/mol. The molecule has 0 aliphatic carbocycles. The number of amides is 1. The third-order valence-corrected chi connectivity index (χ3v) is 5.24. The summed E-state index contributed by atoms with van der Waals surface area (Å²) < 4.78 is 16.2. The van der Waals surface area contributed by atoms with Gasteiger partial charge >= 0.3 is 0 Å². The molecular formula is C23H21FN4O. The Morgan fingerprint density at radius 2 is 1.86 bits per heavy atom. The molecule has 0 spiro atoms. The van der Waals surface area contributed by atoms with Crippen molar-refractivity contribution in [2.75, 3.05) is 0 Å². The molecule has 3 aromatic rings. The summed E-state index contributed by atoms with van der Waals surface area (Å²) in [5.41, 5.74) is 2.30. The Morgan fingerprint density at radius 3 is 2.62 bits per heavy atom. The highest BCUT2D eigenvalue weighted by Gasteiger charge is 2.26. The summed E-state index contributed by atoms with van der Waals surface area (Å²) in [7, 11) is 0. The average molecular weight is 388 g/mol. The lowest BCUT2D eigenvalue weighted by Gasteiger charge is -2.13. The lowest BCUT2D eigenvalue weighted by molar-refractivity contribution is 0.0939. The number of benzene rings is 2. The molecule has 4 rings (SSSR count). The minimum absolute atomic E-state index is 0.150. The zero-order valence-electron chi connectivity index (χ0n) is 15.9. The van der Waals surface area contributed by atoms with Crippen LogP contribution in [0.4, 0.5) is 4.39 Å². The first kappa shape index (κ1) is 18.9. The minimum Gasteiger partial charge on any atom is -0.331 e. The third-order valence-electron chi connectivity index (χ3n) is 5.24. The molecule has 0 saturated carbocycles. The summed E-state index contributed by atoms with van der Waals surface area (Å²) >= 11 is 0. The Labute approximate surface area is 168 Å². The second-order valence-corrected chi connectivity index (χ2v) is 7.12. The number of hydrogen-bond donors (Lipinski definition) is 1. The van der Waals surface area contributed by atoms with Crippen LogP contribution in [0.3, 0.4) is 0 Å². The Morgan fingerprint density at radius 1 is 1.10 bits per heavy atom. The van der Waals surface area contributed by atoms with Gasteiger partial charge in [-0.25, -0.2) is 9.37 Å². The highest BCUT2D eigenvalue weighted by atomic mass is 19.1.